The second kappa shape index (κ2) is 23.9. The van der Waals surface area contributed by atoms with Gasteiger partial charge in [0.2, 0.25) is 0 Å². The quantitative estimate of drug-likeness (QED) is 0.0592. The highest BCUT2D eigenvalue weighted by molar-refractivity contribution is 7.85. The summed E-state index contributed by atoms with van der Waals surface area (Å²) in [6.07, 6.45) is 7.92. The Kier molecular flexibility index (Phi) is 22.1. The minimum absolute atomic E-state index is 0.169. The lowest BCUT2D eigenvalue weighted by molar-refractivity contribution is -0.297. The van der Waals surface area contributed by atoms with Gasteiger partial charge in [-0.25, -0.2) is 0 Å². The van der Waals surface area contributed by atoms with Crippen molar-refractivity contribution in [2.75, 3.05) is 19.0 Å². The summed E-state index contributed by atoms with van der Waals surface area (Å²) in [5.74, 6) is -1.99. The van der Waals surface area contributed by atoms with Crippen LogP contribution in [0.4, 0.5) is 0 Å². The first-order valence-electron chi connectivity index (χ1n) is 16.6. The number of carbonyl (C=O) groups is 2. The SMILES string of the molecule is CCCCCCCCCCCCC(=O)O[C@H](COC(=O)CCCCCCCC)CO[C@@H]1O[C@H](CS(=O)(=O)O)[C@@H](O)[C@H](O)[C@H]1O. The van der Waals surface area contributed by atoms with Crippen molar-refractivity contribution >= 4 is 22.1 Å². The van der Waals surface area contributed by atoms with Gasteiger partial charge in [-0.05, 0) is 12.8 Å². The number of carbonyl (C=O) groups excluding carboxylic acids is 2. The fourth-order valence-electron chi connectivity index (χ4n) is 5.03. The fraction of sp³-hybridized carbons (Fsp3) is 0.935. The molecule has 260 valence electrons. The zero-order valence-corrected chi connectivity index (χ0v) is 27.6. The molecular formula is C31H58O12S. The summed E-state index contributed by atoms with van der Waals surface area (Å²) in [5, 5.41) is 30.5. The number of esters is 2. The second-order valence-electron chi connectivity index (χ2n) is 11.8. The summed E-state index contributed by atoms with van der Waals surface area (Å²) in [5.41, 5.74) is 0. The molecule has 1 rings (SSSR count). The van der Waals surface area contributed by atoms with E-state index in [0.29, 0.717) is 12.8 Å². The monoisotopic (exact) mass is 654 g/mol. The van der Waals surface area contributed by atoms with Crippen molar-refractivity contribution in [3.05, 3.63) is 0 Å². The molecule has 0 aromatic heterocycles. The molecule has 4 N–H and O–H groups in total. The number of unbranched alkanes of at least 4 members (excludes halogenated alkanes) is 14. The van der Waals surface area contributed by atoms with Crippen LogP contribution in [0.2, 0.25) is 0 Å². The fourth-order valence-corrected chi connectivity index (χ4v) is 5.72. The van der Waals surface area contributed by atoms with Crippen molar-refractivity contribution in [2.24, 2.45) is 0 Å². The average molecular weight is 655 g/mol. The summed E-state index contributed by atoms with van der Waals surface area (Å²) in [7, 11) is -4.58. The summed E-state index contributed by atoms with van der Waals surface area (Å²) < 4.78 is 53.4. The molecule has 1 aliphatic heterocycles. The predicted octanol–water partition coefficient (Wildman–Crippen LogP) is 4.22. The molecule has 6 atom stereocenters. The van der Waals surface area contributed by atoms with Crippen LogP contribution in [-0.4, -0.2) is 96.0 Å². The summed E-state index contributed by atoms with van der Waals surface area (Å²) in [6, 6.07) is 0. The normalized spacial score (nSPS) is 22.9. The lowest BCUT2D eigenvalue weighted by Gasteiger charge is -2.40. The van der Waals surface area contributed by atoms with Gasteiger partial charge in [-0.2, -0.15) is 8.42 Å². The van der Waals surface area contributed by atoms with Gasteiger partial charge in [0, 0.05) is 12.8 Å². The van der Waals surface area contributed by atoms with Gasteiger partial charge < -0.3 is 34.3 Å². The Morgan fingerprint density at radius 1 is 0.682 bits per heavy atom. The number of aliphatic hydroxyl groups excluding tert-OH is 3. The molecule has 0 saturated carbocycles. The standard InChI is InChI=1S/C31H58O12S/c1-3-5-7-9-11-12-13-14-16-18-20-27(33)42-24(21-40-26(32)19-17-15-10-8-6-4-2)22-41-31-30(36)29(35)28(34)25(43-31)23-44(37,38)39/h24-25,28-31,34-36H,3-23H2,1-2H3,(H,37,38,39)/t24-,25-,28-,29+,30-,31-/m1/s1. The largest absolute Gasteiger partial charge is 0.462 e. The van der Waals surface area contributed by atoms with Crippen molar-refractivity contribution < 1.29 is 56.8 Å². The molecule has 0 aromatic rings. The van der Waals surface area contributed by atoms with E-state index in [-0.39, 0.29) is 19.4 Å². The van der Waals surface area contributed by atoms with Crippen LogP contribution in [-0.2, 0) is 38.7 Å². The maximum Gasteiger partial charge on any atom is 0.306 e. The highest BCUT2D eigenvalue weighted by Gasteiger charge is 2.46. The summed E-state index contributed by atoms with van der Waals surface area (Å²) in [4.78, 5) is 24.9. The first-order chi connectivity index (χ1) is 21.0. The Morgan fingerprint density at radius 3 is 1.66 bits per heavy atom. The Labute approximate surface area is 263 Å². The zero-order valence-electron chi connectivity index (χ0n) is 26.8. The van der Waals surface area contributed by atoms with Gasteiger partial charge in [-0.3, -0.25) is 14.1 Å². The third kappa shape index (κ3) is 19.2. The molecule has 0 unspecified atom stereocenters. The van der Waals surface area contributed by atoms with Crippen molar-refractivity contribution in [1.82, 2.24) is 0 Å². The Morgan fingerprint density at radius 2 is 1.16 bits per heavy atom. The Balaban J connectivity index is 2.60. The molecule has 13 heteroatoms. The molecule has 0 spiro atoms. The molecule has 12 nitrogen and oxygen atoms in total. The van der Waals surface area contributed by atoms with Crippen molar-refractivity contribution in [3.8, 4) is 0 Å². The van der Waals surface area contributed by atoms with Crippen LogP contribution in [0.15, 0.2) is 0 Å². The number of hydrogen-bond donors (Lipinski definition) is 4. The smallest absolute Gasteiger partial charge is 0.306 e. The first-order valence-corrected chi connectivity index (χ1v) is 18.2. The molecule has 0 aromatic carbocycles. The summed E-state index contributed by atoms with van der Waals surface area (Å²) in [6.45, 7) is 3.62. The molecule has 1 saturated heterocycles. The third-order valence-electron chi connectivity index (χ3n) is 7.69. The van der Waals surface area contributed by atoms with Gasteiger partial charge in [0.1, 0.15) is 36.8 Å². The molecule has 0 aliphatic carbocycles. The topological polar surface area (TPSA) is 186 Å². The zero-order chi connectivity index (χ0) is 32.8. The molecule has 44 heavy (non-hydrogen) atoms. The van der Waals surface area contributed by atoms with E-state index in [0.717, 1.165) is 51.4 Å². The number of rotatable bonds is 26. The van der Waals surface area contributed by atoms with E-state index in [1.807, 2.05) is 0 Å². The molecule has 0 amide bonds. The minimum Gasteiger partial charge on any atom is -0.462 e. The molecular weight excluding hydrogens is 596 g/mol. The van der Waals surface area contributed by atoms with E-state index < -0.39 is 71.2 Å². The van der Waals surface area contributed by atoms with Crippen molar-refractivity contribution in [2.45, 2.75) is 166 Å². The highest BCUT2D eigenvalue weighted by Crippen LogP contribution is 2.24. The number of aliphatic hydroxyl groups is 3. The third-order valence-corrected chi connectivity index (χ3v) is 8.44. The van der Waals surface area contributed by atoms with Crippen LogP contribution < -0.4 is 0 Å². The number of hydrogen-bond acceptors (Lipinski definition) is 11. The van der Waals surface area contributed by atoms with E-state index in [9.17, 15) is 33.3 Å². The molecule has 1 heterocycles. The van der Waals surface area contributed by atoms with E-state index in [2.05, 4.69) is 13.8 Å². The lowest BCUT2D eigenvalue weighted by Crippen LogP contribution is -2.60. The highest BCUT2D eigenvalue weighted by atomic mass is 32.2. The molecule has 0 bridgehead atoms. The van der Waals surface area contributed by atoms with Crippen molar-refractivity contribution in [1.29, 1.82) is 0 Å². The first kappa shape index (κ1) is 40.7. The summed E-state index contributed by atoms with van der Waals surface area (Å²) >= 11 is 0. The predicted molar refractivity (Wildman–Crippen MR) is 164 cm³/mol. The van der Waals surface area contributed by atoms with Crippen LogP contribution in [0.5, 0.6) is 0 Å². The molecule has 1 aliphatic rings. The number of ether oxygens (including phenoxy) is 4. The average Bonchev–Trinajstić information content (AvgIpc) is 2.97. The van der Waals surface area contributed by atoms with E-state index >= 15 is 0 Å². The van der Waals surface area contributed by atoms with E-state index in [4.69, 9.17) is 23.5 Å². The van der Waals surface area contributed by atoms with Crippen LogP contribution in [0, 0.1) is 0 Å². The van der Waals surface area contributed by atoms with Crippen LogP contribution >= 0.6 is 0 Å². The maximum atomic E-state index is 12.6. The second-order valence-corrected chi connectivity index (χ2v) is 13.3. The van der Waals surface area contributed by atoms with Gasteiger partial charge in [0.15, 0.2) is 12.4 Å². The minimum atomic E-state index is -4.58. The van der Waals surface area contributed by atoms with Gasteiger partial charge in [-0.15, -0.1) is 0 Å². The Hall–Kier alpha value is -1.35. The van der Waals surface area contributed by atoms with Crippen molar-refractivity contribution in [3.63, 3.8) is 0 Å². The van der Waals surface area contributed by atoms with E-state index in [1.165, 1.54) is 38.5 Å². The van der Waals surface area contributed by atoms with Gasteiger partial charge in [-0.1, -0.05) is 104 Å². The van der Waals surface area contributed by atoms with Gasteiger partial charge in [0.25, 0.3) is 10.1 Å². The van der Waals surface area contributed by atoms with E-state index in [1.54, 1.807) is 0 Å². The Bertz CT molecular complexity index is 868. The van der Waals surface area contributed by atoms with Crippen LogP contribution in [0.1, 0.15) is 129 Å². The lowest BCUT2D eigenvalue weighted by atomic mass is 10.00. The van der Waals surface area contributed by atoms with Gasteiger partial charge in [0.05, 0.1) is 6.61 Å². The molecule has 0 radical (unpaired) electrons. The molecule has 1 fully saturated rings. The van der Waals surface area contributed by atoms with Crippen LogP contribution in [0.3, 0.4) is 0 Å². The van der Waals surface area contributed by atoms with Gasteiger partial charge >= 0.3 is 11.9 Å². The maximum absolute atomic E-state index is 12.6. The van der Waals surface area contributed by atoms with Crippen LogP contribution in [0.25, 0.3) is 0 Å².